The Morgan fingerprint density at radius 1 is 1.20 bits per heavy atom. The second-order valence-electron chi connectivity index (χ2n) is 5.25. The minimum absolute atomic E-state index is 0.141. The molecule has 1 N–H and O–H groups in total. The Balaban J connectivity index is 1.62. The summed E-state index contributed by atoms with van der Waals surface area (Å²) in [5.74, 6) is 0.605. The minimum Gasteiger partial charge on any atom is -0.294 e. The molecular formula is C11H16N2O2. The molecule has 3 aliphatic rings. The maximum Gasteiger partial charge on any atom is 0.240 e. The van der Waals surface area contributed by atoms with E-state index in [9.17, 15) is 9.59 Å². The summed E-state index contributed by atoms with van der Waals surface area (Å²) in [6, 6.07) is 0. The number of piperazine rings is 1. The highest BCUT2D eigenvalue weighted by molar-refractivity contribution is 5.99. The third-order valence-corrected chi connectivity index (χ3v) is 3.89. The molecule has 2 amide bonds. The summed E-state index contributed by atoms with van der Waals surface area (Å²) in [5.41, 5.74) is 0.484. The van der Waals surface area contributed by atoms with Gasteiger partial charge in [0.05, 0.1) is 13.1 Å². The normalized spacial score (nSPS) is 30.1. The van der Waals surface area contributed by atoms with Gasteiger partial charge in [-0.05, 0) is 37.0 Å². The lowest BCUT2D eigenvalue weighted by Crippen LogP contribution is -2.52. The predicted molar refractivity (Wildman–Crippen MR) is 54.0 cm³/mol. The first-order valence-electron chi connectivity index (χ1n) is 5.73. The molecule has 1 saturated heterocycles. The number of nitrogens with one attached hydrogen (secondary N) is 1. The summed E-state index contributed by atoms with van der Waals surface area (Å²) in [7, 11) is 0. The van der Waals surface area contributed by atoms with Gasteiger partial charge in [0, 0.05) is 6.54 Å². The van der Waals surface area contributed by atoms with E-state index in [2.05, 4.69) is 5.32 Å². The third kappa shape index (κ3) is 1.78. The Labute approximate surface area is 89.0 Å². The molecule has 1 aliphatic heterocycles. The Morgan fingerprint density at radius 3 is 2.27 bits per heavy atom. The highest BCUT2D eigenvalue weighted by Gasteiger charge is 2.54. The molecule has 0 atom stereocenters. The van der Waals surface area contributed by atoms with E-state index in [-0.39, 0.29) is 11.8 Å². The molecule has 4 nitrogen and oxygen atoms in total. The van der Waals surface area contributed by atoms with E-state index in [0.717, 1.165) is 12.5 Å². The fourth-order valence-corrected chi connectivity index (χ4v) is 2.81. The lowest BCUT2D eigenvalue weighted by atomic mass is 9.99. The van der Waals surface area contributed by atoms with Crippen LogP contribution in [0, 0.1) is 11.3 Å². The molecule has 0 radical (unpaired) electrons. The number of rotatable bonds is 3. The van der Waals surface area contributed by atoms with E-state index in [4.69, 9.17) is 0 Å². The SMILES string of the molecule is O=C1CN(CC2(C3CC3)CC2)CC(=O)N1. The van der Waals surface area contributed by atoms with Crippen LogP contribution >= 0.6 is 0 Å². The van der Waals surface area contributed by atoms with Crippen LogP contribution in [-0.4, -0.2) is 36.3 Å². The van der Waals surface area contributed by atoms with E-state index in [1.807, 2.05) is 4.90 Å². The van der Waals surface area contributed by atoms with Gasteiger partial charge in [-0.2, -0.15) is 0 Å². The summed E-state index contributed by atoms with van der Waals surface area (Å²) in [6.45, 7) is 1.76. The average Bonchev–Trinajstić information content (AvgIpc) is 2.96. The molecule has 2 aliphatic carbocycles. The van der Waals surface area contributed by atoms with Crippen molar-refractivity contribution in [1.29, 1.82) is 0 Å². The van der Waals surface area contributed by atoms with Crippen LogP contribution in [0.2, 0.25) is 0 Å². The number of carbonyl (C=O) groups excluding carboxylic acids is 2. The summed E-state index contributed by atoms with van der Waals surface area (Å²) in [6.07, 6.45) is 5.30. The number of amides is 2. The van der Waals surface area contributed by atoms with Gasteiger partial charge in [0.1, 0.15) is 0 Å². The highest BCUT2D eigenvalue weighted by Crippen LogP contribution is 2.61. The van der Waals surface area contributed by atoms with Crippen molar-refractivity contribution in [3.8, 4) is 0 Å². The molecule has 15 heavy (non-hydrogen) atoms. The zero-order valence-corrected chi connectivity index (χ0v) is 8.79. The molecule has 2 saturated carbocycles. The molecule has 82 valence electrons. The maximum absolute atomic E-state index is 11.2. The van der Waals surface area contributed by atoms with Crippen molar-refractivity contribution in [2.75, 3.05) is 19.6 Å². The predicted octanol–water partition coefficient (Wildman–Crippen LogP) is 0.135. The molecule has 4 heteroatoms. The van der Waals surface area contributed by atoms with Crippen LogP contribution in [0.4, 0.5) is 0 Å². The second kappa shape index (κ2) is 3.04. The minimum atomic E-state index is -0.141. The van der Waals surface area contributed by atoms with Crippen LogP contribution in [0.15, 0.2) is 0 Å². The smallest absolute Gasteiger partial charge is 0.240 e. The number of hydrogen-bond donors (Lipinski definition) is 1. The number of imide groups is 1. The summed E-state index contributed by atoms with van der Waals surface area (Å²) in [4.78, 5) is 24.4. The first kappa shape index (κ1) is 9.33. The molecule has 1 heterocycles. The van der Waals surface area contributed by atoms with Gasteiger partial charge in [0.15, 0.2) is 0 Å². The van der Waals surface area contributed by atoms with Crippen molar-refractivity contribution >= 4 is 11.8 Å². The molecule has 0 spiro atoms. The number of nitrogens with zero attached hydrogens (tertiary/aromatic N) is 1. The van der Waals surface area contributed by atoms with Crippen LogP contribution in [0.25, 0.3) is 0 Å². The standard InChI is InChI=1S/C11H16N2O2/c14-9-5-13(6-10(15)12-9)7-11(3-4-11)8-1-2-8/h8H,1-7H2,(H,12,14,15). The van der Waals surface area contributed by atoms with Gasteiger partial charge < -0.3 is 0 Å². The van der Waals surface area contributed by atoms with Crippen molar-refractivity contribution in [2.24, 2.45) is 11.3 Å². The largest absolute Gasteiger partial charge is 0.294 e. The van der Waals surface area contributed by atoms with Crippen molar-refractivity contribution in [2.45, 2.75) is 25.7 Å². The fraction of sp³-hybridized carbons (Fsp3) is 0.818. The molecule has 3 fully saturated rings. The molecule has 0 bridgehead atoms. The van der Waals surface area contributed by atoms with E-state index in [1.165, 1.54) is 25.7 Å². The van der Waals surface area contributed by atoms with E-state index in [0.29, 0.717) is 18.5 Å². The molecule has 0 aromatic carbocycles. The van der Waals surface area contributed by atoms with Crippen LogP contribution < -0.4 is 5.32 Å². The van der Waals surface area contributed by atoms with Gasteiger partial charge in [0.25, 0.3) is 0 Å². The van der Waals surface area contributed by atoms with E-state index >= 15 is 0 Å². The zero-order valence-electron chi connectivity index (χ0n) is 8.79. The van der Waals surface area contributed by atoms with Crippen molar-refractivity contribution in [3.05, 3.63) is 0 Å². The van der Waals surface area contributed by atoms with Crippen LogP contribution in [0.5, 0.6) is 0 Å². The molecule has 0 aromatic rings. The average molecular weight is 208 g/mol. The van der Waals surface area contributed by atoms with Crippen molar-refractivity contribution in [1.82, 2.24) is 10.2 Å². The Bertz CT molecular complexity index is 303. The van der Waals surface area contributed by atoms with Gasteiger partial charge >= 0.3 is 0 Å². The molecular weight excluding hydrogens is 192 g/mol. The Morgan fingerprint density at radius 2 is 1.80 bits per heavy atom. The summed E-state index contributed by atoms with van der Waals surface area (Å²) in [5, 5.41) is 2.34. The lowest BCUT2D eigenvalue weighted by molar-refractivity contribution is -0.136. The summed E-state index contributed by atoms with van der Waals surface area (Å²) < 4.78 is 0. The summed E-state index contributed by atoms with van der Waals surface area (Å²) >= 11 is 0. The van der Waals surface area contributed by atoms with Gasteiger partial charge in [-0.1, -0.05) is 0 Å². The Kier molecular flexibility index (Phi) is 1.89. The topological polar surface area (TPSA) is 49.4 Å². The van der Waals surface area contributed by atoms with Gasteiger partial charge in [-0.25, -0.2) is 0 Å². The second-order valence-corrected chi connectivity index (χ2v) is 5.25. The monoisotopic (exact) mass is 208 g/mol. The lowest BCUT2D eigenvalue weighted by Gasteiger charge is -2.29. The van der Waals surface area contributed by atoms with Gasteiger partial charge in [0.2, 0.25) is 11.8 Å². The van der Waals surface area contributed by atoms with Crippen molar-refractivity contribution < 1.29 is 9.59 Å². The molecule has 3 rings (SSSR count). The van der Waals surface area contributed by atoms with Crippen LogP contribution in [-0.2, 0) is 9.59 Å². The van der Waals surface area contributed by atoms with Crippen molar-refractivity contribution in [3.63, 3.8) is 0 Å². The molecule has 0 aromatic heterocycles. The van der Waals surface area contributed by atoms with E-state index in [1.54, 1.807) is 0 Å². The first-order valence-corrected chi connectivity index (χ1v) is 5.73. The fourth-order valence-electron chi connectivity index (χ4n) is 2.81. The molecule has 0 unspecified atom stereocenters. The third-order valence-electron chi connectivity index (χ3n) is 3.89. The zero-order chi connectivity index (χ0) is 10.5. The quantitative estimate of drug-likeness (QED) is 0.671. The first-order chi connectivity index (χ1) is 7.18. The number of carbonyl (C=O) groups is 2. The number of hydrogen-bond acceptors (Lipinski definition) is 3. The Hall–Kier alpha value is -0.900. The van der Waals surface area contributed by atoms with Crippen LogP contribution in [0.3, 0.4) is 0 Å². The van der Waals surface area contributed by atoms with E-state index < -0.39 is 0 Å². The van der Waals surface area contributed by atoms with Gasteiger partial charge in [-0.3, -0.25) is 19.8 Å². The highest BCUT2D eigenvalue weighted by atomic mass is 16.2. The maximum atomic E-state index is 11.2. The van der Waals surface area contributed by atoms with Gasteiger partial charge in [-0.15, -0.1) is 0 Å². The van der Waals surface area contributed by atoms with Crippen LogP contribution in [0.1, 0.15) is 25.7 Å².